The summed E-state index contributed by atoms with van der Waals surface area (Å²) in [7, 11) is 0. The number of benzene rings is 1. The molecule has 0 radical (unpaired) electrons. The van der Waals surface area contributed by atoms with Crippen molar-refractivity contribution in [1.29, 1.82) is 0 Å². The molecule has 0 bridgehead atoms. The lowest BCUT2D eigenvalue weighted by Gasteiger charge is -2.07. The number of nitro groups is 1. The molecule has 0 heterocycles. The van der Waals surface area contributed by atoms with Crippen LogP contribution in [0, 0.1) is 10.1 Å². The third kappa shape index (κ3) is 2.66. The van der Waals surface area contributed by atoms with Gasteiger partial charge < -0.3 is 5.43 Å². The minimum atomic E-state index is -0.674. The van der Waals surface area contributed by atoms with Gasteiger partial charge in [-0.3, -0.25) is 10.1 Å². The number of nitrogens with zero attached hydrogens (tertiary/aromatic N) is 2. The fraction of sp³-hybridized carbons (Fsp3) is 0.143. The number of hydrogen-bond acceptors (Lipinski definition) is 2. The lowest BCUT2D eigenvalue weighted by molar-refractivity contribution is -0.428. The molecule has 0 aliphatic heterocycles. The van der Waals surface area contributed by atoms with Gasteiger partial charge in [0.25, 0.3) is 0 Å². The van der Waals surface area contributed by atoms with Crippen LogP contribution in [0.1, 0.15) is 5.56 Å². The summed E-state index contributed by atoms with van der Waals surface area (Å²) in [5.74, 6) is 0. The monoisotopic (exact) mass is 151 g/mol. The topological polar surface area (TPSA) is 57.2 Å². The molecule has 0 atom stereocenters. The largest absolute Gasteiger partial charge is 0.375 e. The van der Waals surface area contributed by atoms with Crippen LogP contribution < -0.4 is 0 Å². The lowest BCUT2D eigenvalue weighted by Crippen LogP contribution is -1.91. The van der Waals surface area contributed by atoms with E-state index in [1.807, 2.05) is 18.2 Å². The third-order valence-corrected chi connectivity index (χ3v) is 1.21. The van der Waals surface area contributed by atoms with Crippen LogP contribution in [0.2, 0.25) is 0 Å². The maximum absolute atomic E-state index is 9.81. The van der Waals surface area contributed by atoms with E-state index in [4.69, 9.17) is 0 Å². The van der Waals surface area contributed by atoms with Crippen LogP contribution in [0.3, 0.4) is 0 Å². The second-order valence-electron chi connectivity index (χ2n) is 2.02. The number of rotatable bonds is 3. The molecule has 0 amide bonds. The van der Waals surface area contributed by atoms with E-state index in [-0.39, 0.29) is 6.54 Å². The summed E-state index contributed by atoms with van der Waals surface area (Å²) in [4.78, 5) is 9.81. The van der Waals surface area contributed by atoms with Gasteiger partial charge in [0, 0.05) is 0 Å². The Labute approximate surface area is 64.0 Å². The van der Waals surface area contributed by atoms with Crippen molar-refractivity contribution in [1.82, 2.24) is 0 Å². The SMILES string of the molecule is O=[N+]([O-])[N-]Cc1ccccc1. The van der Waals surface area contributed by atoms with Crippen LogP contribution in [0.15, 0.2) is 30.3 Å². The van der Waals surface area contributed by atoms with Crippen molar-refractivity contribution in [2.45, 2.75) is 6.54 Å². The molecule has 0 aliphatic carbocycles. The Morgan fingerprint density at radius 1 is 1.36 bits per heavy atom. The first-order chi connectivity index (χ1) is 5.29. The highest BCUT2D eigenvalue weighted by atomic mass is 16.7. The summed E-state index contributed by atoms with van der Waals surface area (Å²) in [6.45, 7) is 0.147. The molecular weight excluding hydrogens is 144 g/mol. The molecule has 58 valence electrons. The van der Waals surface area contributed by atoms with E-state index in [1.165, 1.54) is 0 Å². The summed E-state index contributed by atoms with van der Waals surface area (Å²) in [5, 5.41) is 9.14. The Kier molecular flexibility index (Phi) is 2.43. The molecule has 0 unspecified atom stereocenters. The van der Waals surface area contributed by atoms with Crippen molar-refractivity contribution in [3.63, 3.8) is 0 Å². The molecule has 1 aromatic carbocycles. The Bertz CT molecular complexity index is 235. The van der Waals surface area contributed by atoms with Gasteiger partial charge in [-0.2, -0.15) is 0 Å². The van der Waals surface area contributed by atoms with E-state index in [0.717, 1.165) is 5.56 Å². The van der Waals surface area contributed by atoms with Crippen molar-refractivity contribution >= 4 is 0 Å². The van der Waals surface area contributed by atoms with E-state index in [1.54, 1.807) is 12.1 Å². The van der Waals surface area contributed by atoms with Crippen LogP contribution in [0.4, 0.5) is 0 Å². The first-order valence-corrected chi connectivity index (χ1v) is 3.15. The van der Waals surface area contributed by atoms with E-state index < -0.39 is 5.03 Å². The van der Waals surface area contributed by atoms with Crippen LogP contribution >= 0.6 is 0 Å². The van der Waals surface area contributed by atoms with Crippen molar-refractivity contribution in [2.75, 3.05) is 0 Å². The van der Waals surface area contributed by atoms with Crippen molar-refractivity contribution in [2.24, 2.45) is 0 Å². The van der Waals surface area contributed by atoms with Crippen LogP contribution in [-0.2, 0) is 6.54 Å². The zero-order chi connectivity index (χ0) is 8.10. The predicted molar refractivity (Wildman–Crippen MR) is 40.5 cm³/mol. The maximum Gasteiger partial charge on any atom is -0.0124 e. The highest BCUT2D eigenvalue weighted by Crippen LogP contribution is 2.03. The smallest absolute Gasteiger partial charge is 0.0124 e. The molecule has 1 rings (SSSR count). The summed E-state index contributed by atoms with van der Waals surface area (Å²) < 4.78 is 0. The third-order valence-electron chi connectivity index (χ3n) is 1.21. The Morgan fingerprint density at radius 2 is 2.00 bits per heavy atom. The molecule has 0 N–H and O–H groups in total. The molecule has 0 spiro atoms. The van der Waals surface area contributed by atoms with E-state index in [0.29, 0.717) is 0 Å². The van der Waals surface area contributed by atoms with E-state index in [9.17, 15) is 10.1 Å². The zero-order valence-corrected chi connectivity index (χ0v) is 5.80. The van der Waals surface area contributed by atoms with E-state index in [2.05, 4.69) is 5.43 Å². The average molecular weight is 151 g/mol. The first-order valence-electron chi connectivity index (χ1n) is 3.15. The first kappa shape index (κ1) is 7.53. The van der Waals surface area contributed by atoms with Gasteiger partial charge in [-0.05, 0) is 5.03 Å². The molecule has 0 saturated carbocycles. The molecule has 11 heavy (non-hydrogen) atoms. The van der Waals surface area contributed by atoms with Gasteiger partial charge in [0.05, 0.1) is 0 Å². The molecule has 1 aromatic rings. The van der Waals surface area contributed by atoms with Gasteiger partial charge in [0.15, 0.2) is 0 Å². The fourth-order valence-electron chi connectivity index (χ4n) is 0.723. The lowest BCUT2D eigenvalue weighted by atomic mass is 10.2. The highest BCUT2D eigenvalue weighted by Gasteiger charge is 1.84. The average Bonchev–Trinajstić information content (AvgIpc) is 2.03. The van der Waals surface area contributed by atoms with Gasteiger partial charge in [-0.25, -0.2) is 0 Å². The summed E-state index contributed by atoms with van der Waals surface area (Å²) in [6.07, 6.45) is 0. The Morgan fingerprint density at radius 3 is 2.55 bits per heavy atom. The van der Waals surface area contributed by atoms with Gasteiger partial charge >= 0.3 is 0 Å². The molecule has 0 aromatic heterocycles. The Hall–Kier alpha value is -1.58. The van der Waals surface area contributed by atoms with Crippen molar-refractivity contribution < 1.29 is 5.03 Å². The second kappa shape index (κ2) is 3.55. The maximum atomic E-state index is 9.81. The summed E-state index contributed by atoms with van der Waals surface area (Å²) >= 11 is 0. The number of hydrogen-bond donors (Lipinski definition) is 0. The predicted octanol–water partition coefficient (Wildman–Crippen LogP) is 1.75. The van der Waals surface area contributed by atoms with Crippen molar-refractivity contribution in [3.8, 4) is 0 Å². The molecular formula is C7H7N2O2-. The zero-order valence-electron chi connectivity index (χ0n) is 5.80. The standard InChI is InChI=1S/C7H7N2O2/c10-9(11)8-6-7-4-2-1-3-5-7/h1-5H,6H2/q-1. The molecule has 4 nitrogen and oxygen atoms in total. The van der Waals surface area contributed by atoms with Crippen LogP contribution in [0.25, 0.3) is 5.43 Å². The van der Waals surface area contributed by atoms with Gasteiger partial charge in [-0.15, -0.1) is 0 Å². The fourth-order valence-corrected chi connectivity index (χ4v) is 0.723. The normalized spacial score (nSPS) is 9.09. The Balaban J connectivity index is 2.45. The van der Waals surface area contributed by atoms with Gasteiger partial charge in [-0.1, -0.05) is 42.4 Å². The van der Waals surface area contributed by atoms with Gasteiger partial charge in [0.1, 0.15) is 0 Å². The molecule has 0 fully saturated rings. The summed E-state index contributed by atoms with van der Waals surface area (Å²) in [5.41, 5.74) is 3.97. The quantitative estimate of drug-likeness (QED) is 0.488. The molecule has 0 aliphatic rings. The second-order valence-corrected chi connectivity index (χ2v) is 2.02. The minimum Gasteiger partial charge on any atom is -0.375 e. The van der Waals surface area contributed by atoms with Crippen LogP contribution in [0.5, 0.6) is 0 Å². The van der Waals surface area contributed by atoms with Crippen molar-refractivity contribution in [3.05, 3.63) is 51.4 Å². The van der Waals surface area contributed by atoms with Crippen LogP contribution in [-0.4, -0.2) is 5.03 Å². The minimum absolute atomic E-state index is 0.147. The highest BCUT2D eigenvalue weighted by molar-refractivity contribution is 5.15. The van der Waals surface area contributed by atoms with E-state index >= 15 is 0 Å². The molecule has 0 saturated heterocycles. The van der Waals surface area contributed by atoms with Gasteiger partial charge in [0.2, 0.25) is 0 Å². The molecule has 4 heteroatoms. The summed E-state index contributed by atoms with van der Waals surface area (Å²) in [6, 6.07) is 9.10.